The van der Waals surface area contributed by atoms with Crippen LogP contribution in [-0.4, -0.2) is 17.9 Å². The van der Waals surface area contributed by atoms with Gasteiger partial charge in [-0.2, -0.15) is 0 Å². The van der Waals surface area contributed by atoms with Gasteiger partial charge in [-0.25, -0.2) is 0 Å². The Labute approximate surface area is 195 Å². The van der Waals surface area contributed by atoms with E-state index in [-0.39, 0.29) is 17.2 Å². The van der Waals surface area contributed by atoms with Gasteiger partial charge >= 0.3 is 0 Å². The van der Waals surface area contributed by atoms with Crippen LogP contribution in [0.1, 0.15) is 54.7 Å². The Bertz CT molecular complexity index is 1190. The van der Waals surface area contributed by atoms with Gasteiger partial charge in [-0.3, -0.25) is 9.59 Å². The molecule has 3 aromatic rings. The molecular formula is C28H30N2O3. The second-order valence-corrected chi connectivity index (χ2v) is 9.57. The minimum absolute atomic E-state index is 0.0255. The molecule has 1 aliphatic heterocycles. The van der Waals surface area contributed by atoms with Gasteiger partial charge in [0.25, 0.3) is 11.8 Å². The van der Waals surface area contributed by atoms with Gasteiger partial charge in [0.15, 0.2) is 6.10 Å². The Morgan fingerprint density at radius 1 is 1.03 bits per heavy atom. The van der Waals surface area contributed by atoms with E-state index in [0.717, 1.165) is 11.1 Å². The molecule has 4 rings (SSSR count). The quantitative estimate of drug-likeness (QED) is 0.551. The summed E-state index contributed by atoms with van der Waals surface area (Å²) < 4.78 is 5.83. The van der Waals surface area contributed by atoms with Crippen molar-refractivity contribution in [1.29, 1.82) is 0 Å². The molecule has 1 atom stereocenters. The number of hydrogen-bond donors (Lipinski definition) is 1. The maximum absolute atomic E-state index is 13.0. The third-order valence-electron chi connectivity index (χ3n) is 6.03. The Morgan fingerprint density at radius 3 is 2.39 bits per heavy atom. The van der Waals surface area contributed by atoms with E-state index >= 15 is 0 Å². The summed E-state index contributed by atoms with van der Waals surface area (Å²) in [6, 6.07) is 21.1. The average molecular weight is 443 g/mol. The average Bonchev–Trinajstić information content (AvgIpc) is 2.78. The number of fused-ring (bicyclic) bond motifs is 1. The lowest BCUT2D eigenvalue weighted by molar-refractivity contribution is -0.125. The van der Waals surface area contributed by atoms with E-state index in [9.17, 15) is 9.59 Å². The first-order chi connectivity index (χ1) is 15.6. The van der Waals surface area contributed by atoms with Crippen LogP contribution in [0.4, 0.5) is 11.4 Å². The lowest BCUT2D eigenvalue weighted by Crippen LogP contribution is -2.44. The molecule has 5 heteroatoms. The molecule has 33 heavy (non-hydrogen) atoms. The first-order valence-electron chi connectivity index (χ1n) is 11.2. The van der Waals surface area contributed by atoms with Gasteiger partial charge in [0.05, 0.1) is 12.2 Å². The van der Waals surface area contributed by atoms with Crippen LogP contribution < -0.4 is 15.0 Å². The molecule has 170 valence electrons. The standard InChI is InChI=1S/C28H30N2O3/c1-18-8-6-7-9-21(18)17-30-24-16-23(14-15-25(24)33-19(2)27(30)32)29-26(31)20-10-12-22(13-11-20)28(3,4)5/h6-16,19H,17H2,1-5H3,(H,29,31). The number of rotatable bonds is 4. The number of nitrogens with one attached hydrogen (secondary N) is 1. The molecule has 5 nitrogen and oxygen atoms in total. The molecule has 0 aromatic heterocycles. The molecule has 3 aromatic carbocycles. The Hall–Kier alpha value is -3.60. The molecule has 0 aliphatic carbocycles. The van der Waals surface area contributed by atoms with Crippen LogP contribution in [0.5, 0.6) is 5.75 Å². The number of nitrogens with zero attached hydrogens (tertiary/aromatic N) is 1. The largest absolute Gasteiger partial charge is 0.479 e. The van der Waals surface area contributed by atoms with Gasteiger partial charge in [0, 0.05) is 11.3 Å². The van der Waals surface area contributed by atoms with E-state index in [4.69, 9.17) is 4.74 Å². The molecule has 0 saturated heterocycles. The summed E-state index contributed by atoms with van der Waals surface area (Å²) in [6.45, 7) is 10.7. The number of aryl methyl sites for hydroxylation is 1. The molecule has 0 spiro atoms. The SMILES string of the molecule is Cc1ccccc1CN1C(=O)C(C)Oc2ccc(NC(=O)c3ccc(C(C)(C)C)cc3)cc21. The van der Waals surface area contributed by atoms with Gasteiger partial charge in [0.1, 0.15) is 5.75 Å². The molecular weight excluding hydrogens is 412 g/mol. The number of amides is 2. The third-order valence-corrected chi connectivity index (χ3v) is 6.03. The molecule has 0 saturated carbocycles. The molecule has 0 fully saturated rings. The van der Waals surface area contributed by atoms with Crippen molar-refractivity contribution in [3.63, 3.8) is 0 Å². The summed E-state index contributed by atoms with van der Waals surface area (Å²) in [5.74, 6) is 0.326. The number of anilines is 2. The maximum atomic E-state index is 13.0. The van der Waals surface area contributed by atoms with Crippen LogP contribution in [0.15, 0.2) is 66.7 Å². The van der Waals surface area contributed by atoms with Crippen LogP contribution in [0.25, 0.3) is 0 Å². The highest BCUT2D eigenvalue weighted by Crippen LogP contribution is 2.37. The van der Waals surface area contributed by atoms with Crippen LogP contribution in [0.2, 0.25) is 0 Å². The summed E-state index contributed by atoms with van der Waals surface area (Å²) in [6.07, 6.45) is -0.566. The normalized spacial score (nSPS) is 15.6. The number of carbonyl (C=O) groups excluding carboxylic acids is 2. The van der Waals surface area contributed by atoms with Crippen molar-refractivity contribution in [2.45, 2.75) is 52.7 Å². The lowest BCUT2D eigenvalue weighted by atomic mass is 9.87. The van der Waals surface area contributed by atoms with Gasteiger partial charge < -0.3 is 15.0 Å². The monoisotopic (exact) mass is 442 g/mol. The third kappa shape index (κ3) is 4.77. The number of carbonyl (C=O) groups is 2. The highest BCUT2D eigenvalue weighted by molar-refractivity contribution is 6.05. The first-order valence-corrected chi connectivity index (χ1v) is 11.2. The first kappa shape index (κ1) is 22.6. The van der Waals surface area contributed by atoms with Crippen molar-refractivity contribution in [3.8, 4) is 5.75 Å². The van der Waals surface area contributed by atoms with Crippen molar-refractivity contribution in [3.05, 3.63) is 89.0 Å². The predicted molar refractivity (Wildman–Crippen MR) is 132 cm³/mol. The van der Waals surface area contributed by atoms with Gasteiger partial charge in [-0.05, 0) is 66.3 Å². The van der Waals surface area contributed by atoms with Crippen LogP contribution >= 0.6 is 0 Å². The molecule has 0 bridgehead atoms. The van der Waals surface area contributed by atoms with E-state index in [1.54, 1.807) is 30.0 Å². The Morgan fingerprint density at radius 2 is 1.73 bits per heavy atom. The summed E-state index contributed by atoms with van der Waals surface area (Å²) >= 11 is 0. The van der Waals surface area contributed by atoms with E-state index in [1.165, 1.54) is 5.56 Å². The van der Waals surface area contributed by atoms with E-state index in [1.807, 2.05) is 55.5 Å². The van der Waals surface area contributed by atoms with Gasteiger partial charge in [-0.15, -0.1) is 0 Å². The van der Waals surface area contributed by atoms with E-state index in [2.05, 4.69) is 26.1 Å². The number of hydrogen-bond acceptors (Lipinski definition) is 3. The minimum atomic E-state index is -0.566. The van der Waals surface area contributed by atoms with Crippen molar-refractivity contribution in [2.75, 3.05) is 10.2 Å². The summed E-state index contributed by atoms with van der Waals surface area (Å²) in [5.41, 5.74) is 5.23. The summed E-state index contributed by atoms with van der Waals surface area (Å²) in [5, 5.41) is 2.96. The van der Waals surface area contributed by atoms with Crippen molar-refractivity contribution in [1.82, 2.24) is 0 Å². The van der Waals surface area contributed by atoms with Crippen molar-refractivity contribution >= 4 is 23.2 Å². The van der Waals surface area contributed by atoms with Gasteiger partial charge in [0.2, 0.25) is 0 Å². The van der Waals surface area contributed by atoms with Crippen LogP contribution in [-0.2, 0) is 16.8 Å². The second-order valence-electron chi connectivity index (χ2n) is 9.57. The van der Waals surface area contributed by atoms with Crippen LogP contribution in [0, 0.1) is 6.92 Å². The fourth-order valence-corrected chi connectivity index (χ4v) is 3.93. The molecule has 1 N–H and O–H groups in total. The highest BCUT2D eigenvalue weighted by Gasteiger charge is 2.32. The minimum Gasteiger partial charge on any atom is -0.479 e. The molecule has 1 unspecified atom stereocenters. The van der Waals surface area contributed by atoms with E-state index < -0.39 is 6.10 Å². The molecule has 2 amide bonds. The fraction of sp³-hybridized carbons (Fsp3) is 0.286. The van der Waals surface area contributed by atoms with Gasteiger partial charge in [-0.1, -0.05) is 57.2 Å². The summed E-state index contributed by atoms with van der Waals surface area (Å²) in [7, 11) is 0. The number of benzene rings is 3. The topological polar surface area (TPSA) is 58.6 Å². The molecule has 1 aliphatic rings. The predicted octanol–water partition coefficient (Wildman–Crippen LogP) is 5.86. The fourth-order valence-electron chi connectivity index (χ4n) is 3.93. The Balaban J connectivity index is 1.60. The zero-order chi connectivity index (χ0) is 23.8. The zero-order valence-electron chi connectivity index (χ0n) is 19.8. The van der Waals surface area contributed by atoms with Crippen LogP contribution in [0.3, 0.4) is 0 Å². The Kier molecular flexibility index (Phi) is 5.98. The van der Waals surface area contributed by atoms with Crippen molar-refractivity contribution < 1.29 is 14.3 Å². The molecule has 0 radical (unpaired) electrons. The number of ether oxygens (including phenoxy) is 1. The maximum Gasteiger partial charge on any atom is 0.268 e. The summed E-state index contributed by atoms with van der Waals surface area (Å²) in [4.78, 5) is 27.6. The van der Waals surface area contributed by atoms with E-state index in [0.29, 0.717) is 29.2 Å². The lowest BCUT2D eigenvalue weighted by Gasteiger charge is -2.33. The smallest absolute Gasteiger partial charge is 0.268 e. The zero-order valence-corrected chi connectivity index (χ0v) is 19.8. The molecule has 1 heterocycles. The highest BCUT2D eigenvalue weighted by atomic mass is 16.5. The second kappa shape index (κ2) is 8.74. The van der Waals surface area contributed by atoms with Crippen molar-refractivity contribution in [2.24, 2.45) is 0 Å².